The van der Waals surface area contributed by atoms with E-state index in [0.29, 0.717) is 41.7 Å². The third-order valence-corrected chi connectivity index (χ3v) is 7.36. The molecule has 0 aliphatic carbocycles. The number of amides is 1. The summed E-state index contributed by atoms with van der Waals surface area (Å²) in [6.45, 7) is 0.880. The zero-order valence-electron chi connectivity index (χ0n) is 22.0. The molecule has 1 fully saturated rings. The number of methoxy groups -OCH3 is 3. The van der Waals surface area contributed by atoms with Crippen molar-refractivity contribution in [3.8, 4) is 22.6 Å². The molecule has 39 heavy (non-hydrogen) atoms. The molecule has 202 valence electrons. The van der Waals surface area contributed by atoms with Crippen LogP contribution in [0.1, 0.15) is 22.5 Å². The van der Waals surface area contributed by atoms with Crippen molar-refractivity contribution in [2.45, 2.75) is 25.0 Å². The number of ether oxygens (including phenoxy) is 3. The fourth-order valence-electron chi connectivity index (χ4n) is 5.29. The van der Waals surface area contributed by atoms with Crippen LogP contribution in [0.2, 0.25) is 5.02 Å². The summed E-state index contributed by atoms with van der Waals surface area (Å²) in [6.07, 6.45) is 0.414. The zero-order chi connectivity index (χ0) is 27.5. The number of fused-ring (bicyclic) bond motifs is 1. The van der Waals surface area contributed by atoms with E-state index >= 15 is 0 Å². The van der Waals surface area contributed by atoms with Crippen LogP contribution in [0.25, 0.3) is 22.0 Å². The lowest BCUT2D eigenvalue weighted by atomic mass is 10.0. The van der Waals surface area contributed by atoms with E-state index in [9.17, 15) is 9.59 Å². The molecule has 1 saturated heterocycles. The monoisotopic (exact) mass is 547 g/mol. The minimum absolute atomic E-state index is 0.254. The minimum atomic E-state index is -0.522. The SMILES string of the molecule is COC(=O)[C@@H]1C[C@@H](NC(=O)c2[nH]c3ccc(Cl)cc3c2-c2ccccc2)CN1Cc1cc(OC)ccc1OC. The summed E-state index contributed by atoms with van der Waals surface area (Å²) in [4.78, 5) is 31.7. The number of hydrogen-bond acceptors (Lipinski definition) is 6. The van der Waals surface area contributed by atoms with Crippen LogP contribution in [-0.4, -0.2) is 61.7 Å². The maximum Gasteiger partial charge on any atom is 0.323 e. The number of benzene rings is 3. The van der Waals surface area contributed by atoms with Crippen LogP contribution in [-0.2, 0) is 16.1 Å². The molecule has 0 bridgehead atoms. The molecule has 0 spiro atoms. The number of halogens is 1. The van der Waals surface area contributed by atoms with Crippen molar-refractivity contribution in [2.24, 2.45) is 0 Å². The van der Waals surface area contributed by atoms with E-state index in [1.54, 1.807) is 20.3 Å². The third-order valence-electron chi connectivity index (χ3n) is 7.12. The number of nitrogens with one attached hydrogen (secondary N) is 2. The summed E-state index contributed by atoms with van der Waals surface area (Å²) in [5, 5.41) is 4.60. The third kappa shape index (κ3) is 5.44. The number of likely N-dealkylation sites (tertiary alicyclic amines) is 1. The lowest BCUT2D eigenvalue weighted by Gasteiger charge is -2.23. The van der Waals surface area contributed by atoms with Gasteiger partial charge in [0.2, 0.25) is 0 Å². The molecule has 1 aliphatic heterocycles. The quantitative estimate of drug-likeness (QED) is 0.300. The van der Waals surface area contributed by atoms with Crippen LogP contribution >= 0.6 is 11.6 Å². The van der Waals surface area contributed by atoms with Crippen LogP contribution in [0.3, 0.4) is 0 Å². The molecule has 0 radical (unpaired) electrons. The van der Waals surface area contributed by atoms with Crippen LogP contribution in [0.5, 0.6) is 11.5 Å². The predicted molar refractivity (Wildman–Crippen MR) is 150 cm³/mol. The van der Waals surface area contributed by atoms with E-state index in [2.05, 4.69) is 10.3 Å². The van der Waals surface area contributed by atoms with Gasteiger partial charge in [-0.05, 0) is 48.4 Å². The number of rotatable bonds is 8. The molecular formula is C30H30ClN3O5. The van der Waals surface area contributed by atoms with Crippen LogP contribution in [0.4, 0.5) is 0 Å². The summed E-state index contributed by atoms with van der Waals surface area (Å²) < 4.78 is 16.0. The number of aromatic amines is 1. The first-order valence-corrected chi connectivity index (χ1v) is 13.0. The molecule has 2 heterocycles. The zero-order valence-corrected chi connectivity index (χ0v) is 22.7. The Bertz CT molecular complexity index is 1500. The number of carbonyl (C=O) groups excluding carboxylic acids is 2. The molecule has 0 unspecified atom stereocenters. The summed E-state index contributed by atoms with van der Waals surface area (Å²) in [5.74, 6) is 0.780. The van der Waals surface area contributed by atoms with Gasteiger partial charge in [-0.15, -0.1) is 0 Å². The highest BCUT2D eigenvalue weighted by molar-refractivity contribution is 6.31. The Balaban J connectivity index is 1.42. The predicted octanol–water partition coefficient (Wildman–Crippen LogP) is 5.05. The lowest BCUT2D eigenvalue weighted by molar-refractivity contribution is -0.146. The van der Waals surface area contributed by atoms with Gasteiger partial charge in [0.05, 0.1) is 21.3 Å². The van der Waals surface area contributed by atoms with Crippen molar-refractivity contribution in [1.29, 1.82) is 0 Å². The van der Waals surface area contributed by atoms with Gasteiger partial charge < -0.3 is 24.5 Å². The second kappa shape index (κ2) is 11.4. The number of esters is 1. The van der Waals surface area contributed by atoms with Gasteiger partial charge in [-0.1, -0.05) is 41.9 Å². The van der Waals surface area contributed by atoms with Crippen LogP contribution in [0, 0.1) is 0 Å². The van der Waals surface area contributed by atoms with Crippen molar-refractivity contribution >= 4 is 34.4 Å². The Labute approximate surface area is 231 Å². The van der Waals surface area contributed by atoms with Gasteiger partial charge >= 0.3 is 5.97 Å². The van der Waals surface area contributed by atoms with Crippen LogP contribution < -0.4 is 14.8 Å². The highest BCUT2D eigenvalue weighted by Crippen LogP contribution is 2.35. The molecule has 1 aliphatic rings. The van der Waals surface area contributed by atoms with Gasteiger partial charge in [0.1, 0.15) is 23.2 Å². The molecule has 1 amide bonds. The number of nitrogens with zero attached hydrogens (tertiary/aromatic N) is 1. The second-order valence-corrected chi connectivity index (χ2v) is 9.92. The molecule has 4 aromatic rings. The van der Waals surface area contributed by atoms with E-state index in [-0.39, 0.29) is 17.9 Å². The first-order valence-electron chi connectivity index (χ1n) is 12.6. The van der Waals surface area contributed by atoms with E-state index in [4.69, 9.17) is 25.8 Å². The first kappa shape index (κ1) is 26.6. The average Bonchev–Trinajstić information content (AvgIpc) is 3.53. The largest absolute Gasteiger partial charge is 0.497 e. The maximum atomic E-state index is 13.7. The Hall–Kier alpha value is -4.01. The fourth-order valence-corrected chi connectivity index (χ4v) is 5.46. The Morgan fingerprint density at radius 1 is 1.03 bits per heavy atom. The number of H-pyrrole nitrogens is 1. The molecule has 5 rings (SSSR count). The summed E-state index contributed by atoms with van der Waals surface area (Å²) >= 11 is 6.31. The van der Waals surface area contributed by atoms with Gasteiger partial charge in [0, 0.05) is 46.2 Å². The molecular weight excluding hydrogens is 518 g/mol. The number of hydrogen-bond donors (Lipinski definition) is 2. The number of aromatic nitrogens is 1. The molecule has 3 aromatic carbocycles. The van der Waals surface area contributed by atoms with Crippen molar-refractivity contribution in [2.75, 3.05) is 27.9 Å². The molecule has 8 nitrogen and oxygen atoms in total. The van der Waals surface area contributed by atoms with Gasteiger partial charge in [-0.2, -0.15) is 0 Å². The van der Waals surface area contributed by atoms with Crippen molar-refractivity contribution < 1.29 is 23.8 Å². The molecule has 1 aromatic heterocycles. The smallest absolute Gasteiger partial charge is 0.323 e. The first-order chi connectivity index (χ1) is 18.9. The van der Waals surface area contributed by atoms with Crippen LogP contribution in [0.15, 0.2) is 66.7 Å². The fraction of sp³-hybridized carbons (Fsp3) is 0.267. The second-order valence-electron chi connectivity index (χ2n) is 9.48. The highest BCUT2D eigenvalue weighted by atomic mass is 35.5. The topological polar surface area (TPSA) is 92.9 Å². The molecule has 2 N–H and O–H groups in total. The highest BCUT2D eigenvalue weighted by Gasteiger charge is 2.39. The number of carbonyl (C=O) groups is 2. The molecule has 9 heteroatoms. The van der Waals surface area contributed by atoms with Crippen molar-refractivity contribution in [3.05, 3.63) is 83.0 Å². The van der Waals surface area contributed by atoms with E-state index in [1.807, 2.05) is 65.6 Å². The Kier molecular flexibility index (Phi) is 7.77. The standard InChI is InChI=1S/C30H30ClN3O5/c1-37-22-10-12-26(38-2)19(13-22)16-34-17-21(15-25(34)30(36)39-3)32-29(35)28-27(18-7-5-4-6-8-18)23-14-20(31)9-11-24(23)33-28/h4-14,21,25,33H,15-17H2,1-3H3,(H,32,35)/t21-,25+/m1/s1. The van der Waals surface area contributed by atoms with E-state index in [1.165, 1.54) is 7.11 Å². The van der Waals surface area contributed by atoms with Gasteiger partial charge in [-0.3, -0.25) is 14.5 Å². The van der Waals surface area contributed by atoms with Gasteiger partial charge in [0.15, 0.2) is 0 Å². The van der Waals surface area contributed by atoms with E-state index < -0.39 is 6.04 Å². The minimum Gasteiger partial charge on any atom is -0.497 e. The molecule has 0 saturated carbocycles. The van der Waals surface area contributed by atoms with Gasteiger partial charge in [-0.25, -0.2) is 0 Å². The van der Waals surface area contributed by atoms with Crippen molar-refractivity contribution in [1.82, 2.24) is 15.2 Å². The summed E-state index contributed by atoms with van der Waals surface area (Å²) in [6, 6.07) is 20.0. The summed E-state index contributed by atoms with van der Waals surface area (Å²) in [5.41, 5.74) is 3.82. The summed E-state index contributed by atoms with van der Waals surface area (Å²) in [7, 11) is 4.58. The lowest BCUT2D eigenvalue weighted by Crippen LogP contribution is -2.38. The Morgan fingerprint density at radius 2 is 1.82 bits per heavy atom. The van der Waals surface area contributed by atoms with Gasteiger partial charge in [0.25, 0.3) is 5.91 Å². The van der Waals surface area contributed by atoms with Crippen molar-refractivity contribution in [3.63, 3.8) is 0 Å². The average molecular weight is 548 g/mol. The normalized spacial score (nSPS) is 17.2. The maximum absolute atomic E-state index is 13.7. The molecule has 2 atom stereocenters. The van der Waals surface area contributed by atoms with E-state index in [0.717, 1.165) is 27.6 Å². The Morgan fingerprint density at radius 3 is 2.54 bits per heavy atom.